The third kappa shape index (κ3) is 5.83. The van der Waals surface area contributed by atoms with Crippen molar-refractivity contribution in [3.8, 4) is 0 Å². The number of hydrogen-bond acceptors (Lipinski definition) is 5. The van der Waals surface area contributed by atoms with Gasteiger partial charge in [-0.2, -0.15) is 0 Å². The van der Waals surface area contributed by atoms with Gasteiger partial charge in [0.05, 0.1) is 11.3 Å². The molecule has 132 valence electrons. The zero-order chi connectivity index (χ0) is 18.4. The van der Waals surface area contributed by atoms with Crippen LogP contribution in [0.5, 0.6) is 0 Å². The number of amides is 1. The minimum Gasteiger partial charge on any atom is -0.456 e. The average Bonchev–Trinajstić information content (AvgIpc) is 3.00. The maximum atomic E-state index is 11.9. The first-order chi connectivity index (χ1) is 11.8. The molecule has 0 radical (unpaired) electrons. The van der Waals surface area contributed by atoms with Gasteiger partial charge in [0.1, 0.15) is 0 Å². The van der Waals surface area contributed by atoms with Crippen LogP contribution in [0.3, 0.4) is 0 Å². The summed E-state index contributed by atoms with van der Waals surface area (Å²) < 4.78 is 4.94. The van der Waals surface area contributed by atoms with E-state index in [4.69, 9.17) is 4.74 Å². The van der Waals surface area contributed by atoms with E-state index < -0.39 is 11.9 Å². The molecule has 0 bridgehead atoms. The van der Waals surface area contributed by atoms with Crippen LogP contribution in [0.15, 0.2) is 30.3 Å². The molecule has 0 fully saturated rings. The van der Waals surface area contributed by atoms with Crippen LogP contribution in [0.1, 0.15) is 38.5 Å². The Morgan fingerprint density at radius 2 is 1.80 bits per heavy atom. The summed E-state index contributed by atoms with van der Waals surface area (Å²) in [4.78, 5) is 37.2. The molecule has 1 aromatic carbocycles. The zero-order valence-corrected chi connectivity index (χ0v) is 15.4. The molecule has 0 unspecified atom stereocenters. The number of anilines is 1. The largest absolute Gasteiger partial charge is 0.456 e. The number of aryl methyl sites for hydroxylation is 3. The second-order valence-electron chi connectivity index (χ2n) is 5.86. The SMILES string of the molecule is Cc1ccc(C)c(NC(=O)COC(=O)CCC(=O)c2ccc(C)s2)c1. The highest BCUT2D eigenvalue weighted by atomic mass is 32.1. The summed E-state index contributed by atoms with van der Waals surface area (Å²) in [5.41, 5.74) is 2.66. The van der Waals surface area contributed by atoms with E-state index in [9.17, 15) is 14.4 Å². The van der Waals surface area contributed by atoms with E-state index in [1.165, 1.54) is 11.3 Å². The van der Waals surface area contributed by atoms with Crippen molar-refractivity contribution in [2.75, 3.05) is 11.9 Å². The second-order valence-corrected chi connectivity index (χ2v) is 7.15. The Balaban J connectivity index is 1.75. The lowest BCUT2D eigenvalue weighted by molar-refractivity contribution is -0.147. The van der Waals surface area contributed by atoms with Crippen molar-refractivity contribution in [2.24, 2.45) is 0 Å². The number of rotatable bonds is 7. The standard InChI is InChI=1S/C19H21NO4S/c1-12-4-5-13(2)15(10-12)20-18(22)11-24-19(23)9-7-16(21)17-8-6-14(3)25-17/h4-6,8,10H,7,9,11H2,1-3H3,(H,20,22). The van der Waals surface area contributed by atoms with Crippen LogP contribution in [0, 0.1) is 20.8 Å². The Kier molecular flexibility index (Phi) is 6.47. The summed E-state index contributed by atoms with van der Waals surface area (Å²) in [5, 5.41) is 2.72. The quantitative estimate of drug-likeness (QED) is 0.602. The molecule has 1 heterocycles. The first-order valence-corrected chi connectivity index (χ1v) is 8.79. The first kappa shape index (κ1) is 18.9. The molecule has 2 aromatic rings. The highest BCUT2D eigenvalue weighted by molar-refractivity contribution is 7.14. The fraction of sp³-hybridized carbons (Fsp3) is 0.316. The maximum Gasteiger partial charge on any atom is 0.306 e. The van der Waals surface area contributed by atoms with Gasteiger partial charge in [-0.25, -0.2) is 0 Å². The van der Waals surface area contributed by atoms with E-state index in [0.29, 0.717) is 10.6 Å². The predicted octanol–water partition coefficient (Wildman–Crippen LogP) is 3.82. The molecule has 6 heteroatoms. The Morgan fingerprint density at radius 1 is 1.04 bits per heavy atom. The molecule has 5 nitrogen and oxygen atoms in total. The molecule has 2 rings (SSSR count). The van der Waals surface area contributed by atoms with Gasteiger partial charge in [0.2, 0.25) is 0 Å². The molecule has 0 saturated heterocycles. The number of esters is 1. The van der Waals surface area contributed by atoms with E-state index in [2.05, 4.69) is 5.32 Å². The van der Waals surface area contributed by atoms with Crippen molar-refractivity contribution >= 4 is 34.7 Å². The number of ketones is 1. The monoisotopic (exact) mass is 359 g/mol. The van der Waals surface area contributed by atoms with Gasteiger partial charge in [-0.05, 0) is 50.1 Å². The fourth-order valence-corrected chi connectivity index (χ4v) is 3.03. The minimum absolute atomic E-state index is 0.0352. The van der Waals surface area contributed by atoms with Crippen LogP contribution in [0.25, 0.3) is 0 Å². The average molecular weight is 359 g/mol. The molecule has 0 aliphatic rings. The molecule has 1 aromatic heterocycles. The van der Waals surface area contributed by atoms with E-state index in [1.54, 1.807) is 6.07 Å². The summed E-state index contributed by atoms with van der Waals surface area (Å²) in [6, 6.07) is 9.35. The summed E-state index contributed by atoms with van der Waals surface area (Å²) in [6.07, 6.45) is 0.0456. The van der Waals surface area contributed by atoms with Crippen LogP contribution < -0.4 is 5.32 Å². The summed E-state index contributed by atoms with van der Waals surface area (Å²) in [5.74, 6) is -1.05. The van der Waals surface area contributed by atoms with E-state index in [0.717, 1.165) is 16.0 Å². The molecule has 0 aliphatic carbocycles. The van der Waals surface area contributed by atoms with Gasteiger partial charge >= 0.3 is 5.97 Å². The number of hydrogen-bond donors (Lipinski definition) is 1. The first-order valence-electron chi connectivity index (χ1n) is 7.97. The lowest BCUT2D eigenvalue weighted by Gasteiger charge is -2.09. The molecule has 25 heavy (non-hydrogen) atoms. The van der Waals surface area contributed by atoms with Gasteiger partial charge in [0.25, 0.3) is 5.91 Å². The van der Waals surface area contributed by atoms with Crippen molar-refractivity contribution in [3.05, 3.63) is 51.2 Å². The number of nitrogens with one attached hydrogen (secondary N) is 1. The van der Waals surface area contributed by atoms with Crippen molar-refractivity contribution < 1.29 is 19.1 Å². The molecular weight excluding hydrogens is 338 g/mol. The molecule has 1 N–H and O–H groups in total. The highest BCUT2D eigenvalue weighted by Crippen LogP contribution is 2.18. The Morgan fingerprint density at radius 3 is 2.48 bits per heavy atom. The lowest BCUT2D eigenvalue weighted by atomic mass is 10.1. The van der Waals surface area contributed by atoms with Crippen molar-refractivity contribution in [1.82, 2.24) is 0 Å². The molecule has 1 amide bonds. The van der Waals surface area contributed by atoms with Gasteiger partial charge in [0, 0.05) is 17.0 Å². The predicted molar refractivity (Wildman–Crippen MR) is 98.1 cm³/mol. The molecule has 0 spiro atoms. The molecule has 0 aliphatic heterocycles. The summed E-state index contributed by atoms with van der Waals surface area (Å²) in [7, 11) is 0. The van der Waals surface area contributed by atoms with Gasteiger partial charge in [-0.1, -0.05) is 12.1 Å². The Bertz CT molecular complexity index is 794. The summed E-state index contributed by atoms with van der Waals surface area (Å²) >= 11 is 1.40. The van der Waals surface area contributed by atoms with Crippen LogP contribution >= 0.6 is 11.3 Å². The van der Waals surface area contributed by atoms with Crippen LogP contribution in [0.4, 0.5) is 5.69 Å². The smallest absolute Gasteiger partial charge is 0.306 e. The van der Waals surface area contributed by atoms with Crippen LogP contribution in [0.2, 0.25) is 0 Å². The van der Waals surface area contributed by atoms with E-state index >= 15 is 0 Å². The van der Waals surface area contributed by atoms with Gasteiger partial charge in [-0.15, -0.1) is 11.3 Å². The summed E-state index contributed by atoms with van der Waals surface area (Å²) in [6.45, 7) is 5.38. The fourth-order valence-electron chi connectivity index (χ4n) is 2.20. The highest BCUT2D eigenvalue weighted by Gasteiger charge is 2.13. The number of thiophene rings is 1. The third-order valence-electron chi connectivity index (χ3n) is 3.60. The Labute approximate surface area is 151 Å². The Hall–Kier alpha value is -2.47. The molecule has 0 atom stereocenters. The van der Waals surface area contributed by atoms with Crippen LogP contribution in [-0.4, -0.2) is 24.3 Å². The van der Waals surface area contributed by atoms with Crippen molar-refractivity contribution in [2.45, 2.75) is 33.6 Å². The third-order valence-corrected chi connectivity index (χ3v) is 4.64. The zero-order valence-electron chi connectivity index (χ0n) is 14.5. The molecular formula is C19H21NO4S. The van der Waals surface area contributed by atoms with Crippen molar-refractivity contribution in [3.63, 3.8) is 0 Å². The molecule has 0 saturated carbocycles. The minimum atomic E-state index is -0.558. The second kappa shape index (κ2) is 8.58. The number of carbonyl (C=O) groups is 3. The van der Waals surface area contributed by atoms with Gasteiger partial charge < -0.3 is 10.1 Å². The lowest BCUT2D eigenvalue weighted by Crippen LogP contribution is -2.21. The normalized spacial score (nSPS) is 10.4. The van der Waals surface area contributed by atoms with Crippen molar-refractivity contribution in [1.29, 1.82) is 0 Å². The van der Waals surface area contributed by atoms with Crippen LogP contribution in [-0.2, 0) is 14.3 Å². The number of ether oxygens (including phenoxy) is 1. The van der Waals surface area contributed by atoms with Gasteiger partial charge in [0.15, 0.2) is 12.4 Å². The van der Waals surface area contributed by atoms with Gasteiger partial charge in [-0.3, -0.25) is 14.4 Å². The number of carbonyl (C=O) groups excluding carboxylic acids is 3. The van der Waals surface area contributed by atoms with E-state index in [1.807, 2.05) is 45.0 Å². The number of Topliss-reactive ketones (excluding diaryl/α,β-unsaturated/α-hetero) is 1. The maximum absolute atomic E-state index is 11.9. The van der Waals surface area contributed by atoms with E-state index in [-0.39, 0.29) is 25.2 Å². The number of benzene rings is 1. The topological polar surface area (TPSA) is 72.5 Å².